The summed E-state index contributed by atoms with van der Waals surface area (Å²) in [6.45, 7) is 0. The van der Waals surface area contributed by atoms with Crippen molar-refractivity contribution in [3.05, 3.63) is 0 Å². The average molecular weight is 446 g/mol. The molecule has 0 N–H and O–H groups in total. The van der Waals surface area contributed by atoms with E-state index in [1.165, 1.54) is 0 Å². The molecule has 15 heavy (non-hydrogen) atoms. The zero-order chi connectivity index (χ0) is 9.65. The quantitative estimate of drug-likeness (QED) is 0.285. The second-order valence-electron chi connectivity index (χ2n) is 1.01. The number of carbonyl (C=O) groups is 1. The third-order valence-corrected chi connectivity index (χ3v) is 0.231. The molecule has 0 aliphatic heterocycles. The number of carboxylic acids is 1. The van der Waals surface area contributed by atoms with Crippen LogP contribution in [0, 0.1) is 0 Å². The summed E-state index contributed by atoms with van der Waals surface area (Å²) in [6, 6.07) is 0. The first-order chi connectivity index (χ1) is 4.68. The largest absolute Gasteiger partial charge is 1.00 e. The van der Waals surface area contributed by atoms with Gasteiger partial charge in [-0.3, -0.25) is 0 Å². The zero-order valence-corrected chi connectivity index (χ0v) is 10.5. The summed E-state index contributed by atoms with van der Waals surface area (Å²) in [7, 11) is -3.37. The maximum atomic E-state index is 10.5. The van der Waals surface area contributed by atoms with Gasteiger partial charge >= 0.3 is 74.5 Å². The molecule has 0 saturated heterocycles. The van der Waals surface area contributed by atoms with Crippen LogP contribution in [0.2, 0.25) is 0 Å². The SMILES string of the molecule is O=C([O-])C(F)(F)F.[Cu+].[Cu+].[Cu+].[Cu+].[O-]P([O-])[O-]. The number of aliphatic carboxylic acids is 1. The third kappa shape index (κ3) is 49.8. The molecule has 0 aliphatic rings. The van der Waals surface area contributed by atoms with Crippen molar-refractivity contribution < 1.29 is 106 Å². The Hall–Kier alpha value is 1.65. The number of carbonyl (C=O) groups excluding carboxylic acids is 1. The van der Waals surface area contributed by atoms with Crippen molar-refractivity contribution in [3.8, 4) is 0 Å². The van der Waals surface area contributed by atoms with Gasteiger partial charge in [0.25, 0.3) is 0 Å². The van der Waals surface area contributed by atoms with Crippen LogP contribution < -0.4 is 19.8 Å². The average Bonchev–Trinajstić information content (AvgIpc) is 1.59. The van der Waals surface area contributed by atoms with Crippen LogP contribution in [0.4, 0.5) is 13.2 Å². The van der Waals surface area contributed by atoms with Gasteiger partial charge in [-0.15, -0.1) is 0 Å². The van der Waals surface area contributed by atoms with Crippen molar-refractivity contribution in [2.75, 3.05) is 0 Å². The van der Waals surface area contributed by atoms with Crippen LogP contribution in [0.15, 0.2) is 0 Å². The molecule has 0 bridgehead atoms. The van der Waals surface area contributed by atoms with Gasteiger partial charge in [0.1, 0.15) is 5.97 Å². The number of alkyl halides is 3. The molecule has 5 nitrogen and oxygen atoms in total. The van der Waals surface area contributed by atoms with Gasteiger partial charge in [0.15, 0.2) is 0 Å². The van der Waals surface area contributed by atoms with E-state index in [1.807, 2.05) is 0 Å². The molecule has 0 saturated carbocycles. The number of halogens is 3. The Labute approximate surface area is 126 Å². The molecule has 0 rings (SSSR count). The number of rotatable bonds is 0. The van der Waals surface area contributed by atoms with Gasteiger partial charge in [0.05, 0.1) is 0 Å². The second kappa shape index (κ2) is 18.0. The van der Waals surface area contributed by atoms with Crippen molar-refractivity contribution in [2.24, 2.45) is 0 Å². The minimum atomic E-state index is -5.19. The zero-order valence-electron chi connectivity index (χ0n) is 5.83. The Kier molecular flexibility index (Phi) is 43.2. The smallest absolute Gasteiger partial charge is 0.854 e. The van der Waals surface area contributed by atoms with Crippen molar-refractivity contribution in [3.63, 3.8) is 0 Å². The van der Waals surface area contributed by atoms with E-state index in [2.05, 4.69) is 0 Å². The Balaban J connectivity index is -0.0000000230. The maximum Gasteiger partial charge on any atom is 1.00 e. The Morgan fingerprint density at radius 2 is 1.00 bits per heavy atom. The standard InChI is InChI=1S/C2HF3O2.4Cu.O3P/c3-2(4,5)1(6)7;;;;;1-4(2)3/h(H,6,7);;;;;/q;4*+1;-3/p-1. The van der Waals surface area contributed by atoms with Crippen LogP contribution in [0.1, 0.15) is 0 Å². The third-order valence-electron chi connectivity index (χ3n) is 0.231. The minimum Gasteiger partial charge on any atom is -0.854 e. The van der Waals surface area contributed by atoms with Gasteiger partial charge in [0, 0.05) is 0 Å². The van der Waals surface area contributed by atoms with Crippen LogP contribution in [0.5, 0.6) is 0 Å². The van der Waals surface area contributed by atoms with E-state index in [-0.39, 0.29) is 68.3 Å². The normalized spacial score (nSPS) is 7.67. The monoisotopic (exact) mass is 444 g/mol. The second-order valence-corrected chi connectivity index (χ2v) is 1.46. The Bertz CT molecular complexity index is 131. The molecule has 0 heterocycles. The molecular weight excluding hydrogens is 446 g/mol. The van der Waals surface area contributed by atoms with Crippen molar-refractivity contribution >= 4 is 14.6 Å². The molecule has 108 valence electrons. The van der Waals surface area contributed by atoms with E-state index in [0.29, 0.717) is 0 Å². The molecule has 0 amide bonds. The summed E-state index contributed by atoms with van der Waals surface area (Å²) in [5.74, 6) is -3.01. The summed E-state index contributed by atoms with van der Waals surface area (Å²) in [4.78, 5) is 34.2. The molecule has 0 aromatic heterocycles. The molecule has 0 unspecified atom stereocenters. The predicted octanol–water partition coefficient (Wildman–Crippen LogP) is -3.42. The summed E-state index contributed by atoms with van der Waals surface area (Å²) in [6.07, 6.45) is -5.19. The van der Waals surface area contributed by atoms with Gasteiger partial charge in [-0.05, 0) is 0 Å². The first kappa shape index (κ1) is 36.0. The number of hydrogen-bond acceptors (Lipinski definition) is 5. The van der Waals surface area contributed by atoms with Crippen LogP contribution in [-0.2, 0) is 73.1 Å². The van der Waals surface area contributed by atoms with Crippen molar-refractivity contribution in [1.82, 2.24) is 0 Å². The van der Waals surface area contributed by atoms with Crippen LogP contribution in [0.25, 0.3) is 0 Å². The fraction of sp³-hybridized carbons (Fsp3) is 0.500. The topological polar surface area (TPSA) is 109 Å². The fourth-order valence-electron chi connectivity index (χ4n) is 0. The molecule has 0 aromatic carbocycles. The molecule has 13 heteroatoms. The van der Waals surface area contributed by atoms with Gasteiger partial charge < -0.3 is 33.2 Å². The molecule has 0 radical (unpaired) electrons. The van der Waals surface area contributed by atoms with Crippen LogP contribution in [-0.4, -0.2) is 12.1 Å². The molecular formula is C2Cu4F3O5P. The van der Waals surface area contributed by atoms with Gasteiger partial charge in [0.2, 0.25) is 0 Å². The van der Waals surface area contributed by atoms with E-state index >= 15 is 0 Å². The summed E-state index contributed by atoms with van der Waals surface area (Å²) < 4.78 is 31.5. The Morgan fingerprint density at radius 3 is 1.00 bits per heavy atom. The molecule has 0 atom stereocenters. The summed E-state index contributed by atoms with van der Waals surface area (Å²) in [5, 5.41) is 8.78. The minimum absolute atomic E-state index is 0. The van der Waals surface area contributed by atoms with Crippen molar-refractivity contribution in [2.45, 2.75) is 6.18 Å². The molecule has 0 aromatic rings. The van der Waals surface area contributed by atoms with E-state index < -0.39 is 20.7 Å². The fourth-order valence-corrected chi connectivity index (χ4v) is 0. The van der Waals surface area contributed by atoms with Gasteiger partial charge in [-0.25, -0.2) is 0 Å². The predicted molar refractivity (Wildman–Crippen MR) is 18.0 cm³/mol. The van der Waals surface area contributed by atoms with Crippen LogP contribution >= 0.6 is 8.60 Å². The van der Waals surface area contributed by atoms with E-state index in [9.17, 15) is 13.2 Å². The maximum absolute atomic E-state index is 10.5. The summed E-state index contributed by atoms with van der Waals surface area (Å²) >= 11 is 0. The molecule has 0 spiro atoms. The van der Waals surface area contributed by atoms with E-state index in [1.54, 1.807) is 0 Å². The van der Waals surface area contributed by atoms with Gasteiger partial charge in [-0.2, -0.15) is 13.2 Å². The van der Waals surface area contributed by atoms with Crippen molar-refractivity contribution in [1.29, 1.82) is 0 Å². The number of carboxylic acid groups (broad SMARTS) is 1. The molecule has 0 fully saturated rings. The van der Waals surface area contributed by atoms with E-state index in [0.717, 1.165) is 0 Å². The first-order valence-corrected chi connectivity index (χ1v) is 2.87. The number of hydrogen-bond donors (Lipinski definition) is 0. The summed E-state index contributed by atoms with van der Waals surface area (Å²) in [5.41, 5.74) is 0. The van der Waals surface area contributed by atoms with E-state index in [4.69, 9.17) is 24.6 Å². The molecule has 0 aliphatic carbocycles. The first-order valence-electron chi connectivity index (χ1n) is 1.77. The van der Waals surface area contributed by atoms with Gasteiger partial charge in [-0.1, -0.05) is 0 Å². The Morgan fingerprint density at radius 1 is 0.933 bits per heavy atom. The van der Waals surface area contributed by atoms with Crippen LogP contribution in [0.3, 0.4) is 0 Å².